The number of fused-ring (bicyclic) bond motifs is 4. The maximum absolute atomic E-state index is 11.9. The summed E-state index contributed by atoms with van der Waals surface area (Å²) in [4.78, 5) is 46.9. The number of rotatable bonds is 8. The summed E-state index contributed by atoms with van der Waals surface area (Å²) in [5.74, 6) is 3.49. The molecule has 12 aliphatic rings. The molecule has 15 nitrogen and oxygen atoms in total. The van der Waals surface area contributed by atoms with E-state index in [9.17, 15) is 54.9 Å². The molecule has 0 amide bonds. The number of carbonyl (C=O) groups is 4. The van der Waals surface area contributed by atoms with E-state index in [4.69, 9.17) is 18.9 Å². The van der Waals surface area contributed by atoms with Gasteiger partial charge in [-0.05, 0) is 222 Å². The molecule has 15 heteroatoms. The van der Waals surface area contributed by atoms with Crippen molar-refractivity contribution in [1.82, 2.24) is 0 Å². The second-order valence-electron chi connectivity index (χ2n) is 31.7. The van der Waals surface area contributed by atoms with Crippen LogP contribution in [-0.4, -0.2) is 129 Å². The maximum atomic E-state index is 11.9. The van der Waals surface area contributed by atoms with Crippen LogP contribution >= 0.6 is 0 Å². The van der Waals surface area contributed by atoms with E-state index in [0.29, 0.717) is 94.3 Å². The number of ether oxygens (including phenoxy) is 4. The summed E-state index contributed by atoms with van der Waals surface area (Å²) < 4.78 is 19.8. The molecule has 0 radical (unpaired) electrons. The first-order valence-electron chi connectivity index (χ1n) is 35.3. The fourth-order valence-corrected chi connectivity index (χ4v) is 20.7. The Bertz CT molecular complexity index is 2700. The smallest absolute Gasteiger partial charge is 0.336 e. The van der Waals surface area contributed by atoms with Gasteiger partial charge in [0.2, 0.25) is 0 Å². The Hall–Kier alpha value is -4.48. The van der Waals surface area contributed by atoms with E-state index in [-0.39, 0.29) is 83.8 Å². The maximum Gasteiger partial charge on any atom is 0.336 e. The molecule has 7 saturated carbocycles. The van der Waals surface area contributed by atoms with Crippen LogP contribution in [0.15, 0.2) is 94.7 Å². The van der Waals surface area contributed by atoms with Crippen molar-refractivity contribution in [2.24, 2.45) is 98.6 Å². The zero-order chi connectivity index (χ0) is 67.1. The molecular weight excluding hydrogens is 1160 g/mol. The third-order valence-electron chi connectivity index (χ3n) is 26.9. The number of esters is 4. The molecule has 92 heavy (non-hydrogen) atoms. The standard InChI is InChI=1S/C20H30O3.3C19H28O4/c1-12-5-7-17-14(3)18(21)9-10-20(17,4)16(12)8-6-15-13(2)11-23-19(15)22;3*1-11-4-6-15-12(2)16(20)8-9-19(15,3)14(11)7-5-13-17(21)10-23-18(13)22/h6,13-14,16-18,21H,1,5,7-11H2,2-4H3;4-5,12,14-17,20-21H,6-10H2,1-3H3;2*5,12,14-17,20-21H,1,4,6-10H2,2-3H3/b15-6+;3*13-5+/t13-,14-,16-,17-,18-,20+;12-,14-,15-,16-,17-,19+;12-,14-,15-,16+,17-,19+;12-,14-,15-,16-,17-,19+/m1111/s1. The van der Waals surface area contributed by atoms with Crippen LogP contribution in [0.2, 0.25) is 0 Å². The monoisotopic (exact) mass is 1280 g/mol. The van der Waals surface area contributed by atoms with Crippen LogP contribution in [0.1, 0.15) is 191 Å². The SMILES string of the molecule is C=C1CC[C@@H]2[C@@H](C)[C@@H](O)CC[C@@]2(C)[C@@H]1C/C=C1/C(=O)OC[C@H]1O.C=C1CC[C@@H]2[C@@H](C)[C@H](O)CC[C@@]2(C)[C@@H]1C/C=C1/C(=O)OC[C@H]1C.C=C1CC[C@@H]2[C@@H](C)[C@H](O)CC[C@@]2(C)[C@@H]1C/C=C1/C(=O)OC[C@H]1O.CC1=CC[C@@H]2[C@@H](C)[C@H](O)CC[C@@]2(C)[C@@H]1C/C=C1/C(=O)OC[C@H]1O. The van der Waals surface area contributed by atoms with Gasteiger partial charge in [-0.2, -0.15) is 0 Å². The molecule has 512 valence electrons. The lowest BCUT2D eigenvalue weighted by atomic mass is 9.50. The van der Waals surface area contributed by atoms with E-state index in [2.05, 4.69) is 101 Å². The van der Waals surface area contributed by atoms with Crippen LogP contribution in [0.3, 0.4) is 0 Å². The van der Waals surface area contributed by atoms with Crippen molar-refractivity contribution in [1.29, 1.82) is 0 Å². The minimum absolute atomic E-state index is 0.0688. The van der Waals surface area contributed by atoms with Gasteiger partial charge in [-0.15, -0.1) is 0 Å². The van der Waals surface area contributed by atoms with Gasteiger partial charge in [-0.3, -0.25) is 0 Å². The lowest BCUT2D eigenvalue weighted by Crippen LogP contribution is -2.49. The molecule has 7 N–H and O–H groups in total. The highest BCUT2D eigenvalue weighted by Gasteiger charge is 2.55. The van der Waals surface area contributed by atoms with Crippen molar-refractivity contribution < 1.29 is 73.9 Å². The van der Waals surface area contributed by atoms with Gasteiger partial charge in [0, 0.05) is 11.5 Å². The number of carbonyl (C=O) groups excluding carboxylic acids is 4. The largest absolute Gasteiger partial charge is 0.462 e. The van der Waals surface area contributed by atoms with E-state index in [1.165, 1.54) is 22.3 Å². The Morgan fingerprint density at radius 2 is 0.685 bits per heavy atom. The van der Waals surface area contributed by atoms with Gasteiger partial charge >= 0.3 is 23.9 Å². The van der Waals surface area contributed by atoms with Crippen LogP contribution in [0.5, 0.6) is 0 Å². The second kappa shape index (κ2) is 29.1. The molecule has 8 aliphatic carbocycles. The third-order valence-corrected chi connectivity index (χ3v) is 26.9. The van der Waals surface area contributed by atoms with Crippen molar-refractivity contribution in [3.05, 3.63) is 94.7 Å². The number of allylic oxidation sites excluding steroid dienone is 9. The number of cyclic esters (lactones) is 4. The summed E-state index contributed by atoms with van der Waals surface area (Å²) >= 11 is 0. The molecule has 0 bridgehead atoms. The van der Waals surface area contributed by atoms with Crippen molar-refractivity contribution in [2.75, 3.05) is 26.4 Å². The summed E-state index contributed by atoms with van der Waals surface area (Å²) in [7, 11) is 0. The van der Waals surface area contributed by atoms with E-state index in [1.54, 1.807) is 0 Å². The Kier molecular flexibility index (Phi) is 22.7. The Morgan fingerprint density at radius 3 is 0.978 bits per heavy atom. The Labute approximate surface area is 549 Å². The van der Waals surface area contributed by atoms with Crippen molar-refractivity contribution in [3.63, 3.8) is 0 Å². The molecule has 4 aliphatic heterocycles. The molecule has 4 heterocycles. The molecule has 4 saturated heterocycles. The molecule has 24 atom stereocenters. The Morgan fingerprint density at radius 1 is 0.413 bits per heavy atom. The van der Waals surface area contributed by atoms with Gasteiger partial charge < -0.3 is 54.7 Å². The van der Waals surface area contributed by atoms with E-state index < -0.39 is 30.3 Å². The van der Waals surface area contributed by atoms with Crippen LogP contribution in [0.25, 0.3) is 0 Å². The number of aliphatic hydroxyl groups is 7. The zero-order valence-corrected chi connectivity index (χ0v) is 57.2. The number of hydrogen-bond acceptors (Lipinski definition) is 15. The van der Waals surface area contributed by atoms with Crippen LogP contribution in [0, 0.1) is 98.6 Å². The molecule has 0 aromatic rings. The molecular formula is C77H114O15. The van der Waals surface area contributed by atoms with Crippen LogP contribution in [-0.2, 0) is 38.1 Å². The van der Waals surface area contributed by atoms with Crippen molar-refractivity contribution in [2.45, 2.75) is 234 Å². The third kappa shape index (κ3) is 14.2. The fourth-order valence-electron chi connectivity index (χ4n) is 20.7. The molecule has 0 aromatic carbocycles. The number of hydrogen-bond donors (Lipinski definition) is 7. The van der Waals surface area contributed by atoms with Gasteiger partial charge in [0.1, 0.15) is 38.1 Å². The van der Waals surface area contributed by atoms with Gasteiger partial charge in [0.05, 0.1) is 47.7 Å². The molecule has 0 unspecified atom stereocenters. The summed E-state index contributed by atoms with van der Waals surface area (Å²) in [6, 6.07) is 0. The topological polar surface area (TPSA) is 247 Å². The second-order valence-corrected chi connectivity index (χ2v) is 31.7. The quantitative estimate of drug-likeness (QED) is 0.0517. The first kappa shape index (κ1) is 71.8. The molecule has 0 aromatic heterocycles. The van der Waals surface area contributed by atoms with Gasteiger partial charge in [-0.25, -0.2) is 19.2 Å². The summed E-state index contributed by atoms with van der Waals surface area (Å²) in [6.45, 7) is 35.9. The van der Waals surface area contributed by atoms with Crippen LogP contribution < -0.4 is 0 Å². The normalized spacial score (nSPS) is 45.8. The summed E-state index contributed by atoms with van der Waals surface area (Å²) in [5, 5.41) is 70.5. The minimum Gasteiger partial charge on any atom is -0.462 e. The number of aliphatic hydroxyl groups excluding tert-OH is 7. The molecule has 0 spiro atoms. The average molecular weight is 1280 g/mol. The highest BCUT2D eigenvalue weighted by atomic mass is 16.6. The summed E-state index contributed by atoms with van der Waals surface area (Å²) in [5.41, 5.74) is 7.76. The predicted molar refractivity (Wildman–Crippen MR) is 353 cm³/mol. The van der Waals surface area contributed by atoms with Gasteiger partial charge in [0.25, 0.3) is 0 Å². The van der Waals surface area contributed by atoms with Crippen molar-refractivity contribution >= 4 is 23.9 Å². The molecule has 12 rings (SSSR count). The molecule has 11 fully saturated rings. The van der Waals surface area contributed by atoms with E-state index in [0.717, 1.165) is 128 Å². The minimum atomic E-state index is -0.796. The fraction of sp³-hybridized carbons (Fsp3) is 0.740. The lowest BCUT2D eigenvalue weighted by Gasteiger charge is -2.55. The zero-order valence-electron chi connectivity index (χ0n) is 57.2. The lowest BCUT2D eigenvalue weighted by molar-refractivity contribution is -0.136. The summed E-state index contributed by atoms with van der Waals surface area (Å²) in [6.07, 6.45) is 24.7. The van der Waals surface area contributed by atoms with Gasteiger partial charge in [0.15, 0.2) is 0 Å². The average Bonchev–Trinajstić information content (AvgIpc) is 0.804. The van der Waals surface area contributed by atoms with Crippen LogP contribution in [0.4, 0.5) is 0 Å². The first-order valence-corrected chi connectivity index (χ1v) is 35.3. The first-order chi connectivity index (χ1) is 43.4. The highest BCUT2D eigenvalue weighted by molar-refractivity contribution is 5.93. The Balaban J connectivity index is 0.000000145. The van der Waals surface area contributed by atoms with E-state index in [1.807, 2.05) is 18.2 Å². The highest BCUT2D eigenvalue weighted by Crippen LogP contribution is 2.61. The van der Waals surface area contributed by atoms with Crippen molar-refractivity contribution in [3.8, 4) is 0 Å². The van der Waals surface area contributed by atoms with E-state index >= 15 is 0 Å². The van der Waals surface area contributed by atoms with Gasteiger partial charge in [-0.1, -0.05) is 135 Å². The predicted octanol–water partition coefficient (Wildman–Crippen LogP) is 11.7.